The predicted octanol–water partition coefficient (Wildman–Crippen LogP) is 3.00. The molecule has 11 heteroatoms. The summed E-state index contributed by atoms with van der Waals surface area (Å²) in [4.78, 5) is 69.1. The van der Waals surface area contributed by atoms with Gasteiger partial charge in [0.2, 0.25) is 29.5 Å². The number of allylic oxidation sites excluding steroid dienone is 1. The molecule has 0 saturated heterocycles. The van der Waals surface area contributed by atoms with Crippen molar-refractivity contribution in [1.29, 1.82) is 0 Å². The second-order valence-electron chi connectivity index (χ2n) is 15.5. The van der Waals surface area contributed by atoms with Crippen LogP contribution >= 0.6 is 0 Å². The van der Waals surface area contributed by atoms with Crippen molar-refractivity contribution in [3.05, 3.63) is 94.1 Å². The third-order valence-electron chi connectivity index (χ3n) is 10.7. The molecule has 0 spiro atoms. The Balaban J connectivity index is 1.53. The molecule has 51 heavy (non-hydrogen) atoms. The molecule has 0 radical (unpaired) electrons. The molecule has 0 saturated carbocycles. The lowest BCUT2D eigenvalue weighted by molar-refractivity contribution is -0.147. The van der Waals surface area contributed by atoms with Gasteiger partial charge in [-0.05, 0) is 71.9 Å². The van der Waals surface area contributed by atoms with Gasteiger partial charge in [-0.25, -0.2) is 0 Å². The Morgan fingerprint density at radius 3 is 2.31 bits per heavy atom. The lowest BCUT2D eigenvalue weighted by atomic mass is 9.72. The maximum atomic E-state index is 14.8. The number of primary amides is 2. The third-order valence-corrected chi connectivity index (χ3v) is 10.7. The smallest absolute Gasteiger partial charge is 0.248 e. The largest absolute Gasteiger partial charge is 0.369 e. The van der Waals surface area contributed by atoms with Crippen molar-refractivity contribution in [3.8, 4) is 0 Å². The Morgan fingerprint density at radius 1 is 0.980 bits per heavy atom. The van der Waals surface area contributed by atoms with Crippen molar-refractivity contribution in [2.75, 3.05) is 7.05 Å². The van der Waals surface area contributed by atoms with Crippen LogP contribution in [-0.2, 0) is 48.8 Å². The van der Waals surface area contributed by atoms with E-state index in [2.05, 4.69) is 22.0 Å². The summed E-state index contributed by atoms with van der Waals surface area (Å²) in [5, 5.41) is 9.35. The van der Waals surface area contributed by atoms with Crippen LogP contribution in [0.15, 0.2) is 66.3 Å². The first-order chi connectivity index (χ1) is 24.1. The van der Waals surface area contributed by atoms with Crippen LogP contribution in [0.2, 0.25) is 0 Å². The van der Waals surface area contributed by atoms with Gasteiger partial charge in [-0.15, -0.1) is 0 Å². The summed E-state index contributed by atoms with van der Waals surface area (Å²) in [5.41, 5.74) is 14.4. The zero-order valence-corrected chi connectivity index (χ0v) is 30.5. The molecule has 2 aromatic carbocycles. The van der Waals surface area contributed by atoms with Gasteiger partial charge in [-0.2, -0.15) is 0 Å². The van der Waals surface area contributed by atoms with Gasteiger partial charge in [-0.3, -0.25) is 24.0 Å². The van der Waals surface area contributed by atoms with Crippen molar-refractivity contribution in [3.63, 3.8) is 0 Å². The van der Waals surface area contributed by atoms with Crippen LogP contribution < -0.4 is 27.4 Å². The fourth-order valence-electron chi connectivity index (χ4n) is 7.67. The molecule has 7 N–H and O–H groups in total. The van der Waals surface area contributed by atoms with Crippen LogP contribution in [0.1, 0.15) is 87.7 Å². The Bertz CT molecular complexity index is 1770. The van der Waals surface area contributed by atoms with Gasteiger partial charge in [0.05, 0.1) is 17.5 Å². The summed E-state index contributed by atoms with van der Waals surface area (Å²) >= 11 is 0. The number of carbonyl (C=O) groups excluding carboxylic acids is 5. The van der Waals surface area contributed by atoms with Crippen LogP contribution in [0.4, 0.5) is 0 Å². The standard InChI is InChI=1S/C40H52N6O5/c1-23(2)32(43-6)36(49)45-33(39(3,4)5)37(50)46-22-27-20-28(40(38(42)51)18-16-25(17-19-40)34(41)47)15-14-26(27)21-31(46)35(48)44-30-13-9-11-24-10-7-8-12-29(24)30/h7-8,10,12,14-18,20,23,30-33,43H,9,11,13,19,21-22H2,1-6H3,(H2,41,47)(H2,42,51)(H,44,48)(H,45,49)/t30-,31+,32+,33-,40?/m1/s1. The Kier molecular flexibility index (Phi) is 10.9. The number of hydrogen-bond donors (Lipinski definition) is 5. The first-order valence-corrected chi connectivity index (χ1v) is 17.8. The number of likely N-dealkylation sites (N-methyl/N-ethyl adjacent to an activating group) is 1. The summed E-state index contributed by atoms with van der Waals surface area (Å²) < 4.78 is 0. The van der Waals surface area contributed by atoms with Crippen LogP contribution in [0, 0.1) is 11.3 Å². The van der Waals surface area contributed by atoms with E-state index in [0.29, 0.717) is 11.1 Å². The van der Waals surface area contributed by atoms with Crippen molar-refractivity contribution < 1.29 is 24.0 Å². The molecule has 2 aliphatic carbocycles. The zero-order chi connectivity index (χ0) is 37.2. The number of benzene rings is 2. The molecule has 3 aliphatic rings. The summed E-state index contributed by atoms with van der Waals surface area (Å²) in [7, 11) is 1.71. The van der Waals surface area contributed by atoms with Crippen molar-refractivity contribution in [1.82, 2.24) is 20.9 Å². The highest BCUT2D eigenvalue weighted by molar-refractivity contribution is 5.98. The van der Waals surface area contributed by atoms with Crippen LogP contribution in [-0.4, -0.2) is 59.6 Å². The fourth-order valence-corrected chi connectivity index (χ4v) is 7.67. The number of hydrogen-bond acceptors (Lipinski definition) is 6. The van der Waals surface area contributed by atoms with E-state index in [9.17, 15) is 24.0 Å². The monoisotopic (exact) mass is 696 g/mol. The predicted molar refractivity (Wildman–Crippen MR) is 196 cm³/mol. The highest BCUT2D eigenvalue weighted by atomic mass is 16.2. The highest BCUT2D eigenvalue weighted by Gasteiger charge is 2.44. The maximum absolute atomic E-state index is 14.8. The molecule has 0 bridgehead atoms. The van der Waals surface area contributed by atoms with Crippen molar-refractivity contribution in [2.45, 2.75) is 103 Å². The maximum Gasteiger partial charge on any atom is 0.248 e. The highest BCUT2D eigenvalue weighted by Crippen LogP contribution is 2.38. The molecular weight excluding hydrogens is 644 g/mol. The van der Waals surface area contributed by atoms with Crippen LogP contribution in [0.25, 0.3) is 0 Å². The minimum absolute atomic E-state index is 0.0248. The average molecular weight is 697 g/mol. The van der Waals surface area contributed by atoms with E-state index >= 15 is 0 Å². The van der Waals surface area contributed by atoms with Crippen molar-refractivity contribution >= 4 is 29.5 Å². The minimum atomic E-state index is -1.23. The summed E-state index contributed by atoms with van der Waals surface area (Å²) in [6, 6.07) is 11.2. The number of nitrogens with one attached hydrogen (secondary N) is 3. The van der Waals surface area contributed by atoms with Gasteiger partial charge < -0.3 is 32.3 Å². The van der Waals surface area contributed by atoms with E-state index in [1.807, 2.05) is 71.0 Å². The molecular formula is C40H52N6O5. The molecule has 0 fully saturated rings. The molecule has 1 aliphatic heterocycles. The van der Waals surface area contributed by atoms with E-state index < -0.39 is 40.8 Å². The molecule has 11 nitrogen and oxygen atoms in total. The Hall–Kier alpha value is -4.77. The molecule has 5 rings (SSSR count). The molecule has 272 valence electrons. The fraction of sp³-hybridized carbons (Fsp3) is 0.475. The van der Waals surface area contributed by atoms with Gasteiger partial charge >= 0.3 is 0 Å². The number of aryl methyl sites for hydroxylation is 1. The van der Waals surface area contributed by atoms with E-state index in [-0.39, 0.29) is 49.1 Å². The average Bonchev–Trinajstić information content (AvgIpc) is 3.09. The Morgan fingerprint density at radius 2 is 1.71 bits per heavy atom. The lowest BCUT2D eigenvalue weighted by Gasteiger charge is -2.42. The second-order valence-corrected chi connectivity index (χ2v) is 15.5. The topological polar surface area (TPSA) is 177 Å². The molecule has 2 aromatic rings. The van der Waals surface area contributed by atoms with E-state index in [1.54, 1.807) is 24.1 Å². The number of rotatable bonds is 10. The third kappa shape index (κ3) is 7.63. The van der Waals surface area contributed by atoms with Gasteiger partial charge in [0.1, 0.15) is 12.1 Å². The summed E-state index contributed by atoms with van der Waals surface area (Å²) in [6.45, 7) is 9.62. The minimum Gasteiger partial charge on any atom is -0.369 e. The van der Waals surface area contributed by atoms with Gasteiger partial charge in [0, 0.05) is 18.5 Å². The van der Waals surface area contributed by atoms with Crippen molar-refractivity contribution in [2.24, 2.45) is 22.8 Å². The molecule has 5 amide bonds. The van der Waals surface area contributed by atoms with Crippen LogP contribution in [0.5, 0.6) is 0 Å². The SMILES string of the molecule is CN[C@H](C(=O)N[C@H](C(=O)N1Cc2cc(C3(C(N)=O)C=CC(C(N)=O)=CC3)ccc2C[C@H]1C(=O)N[C@@H]1CCCc2ccccc21)C(C)(C)C)C(C)C. The normalized spacial score (nSPS) is 22.6. The molecule has 1 unspecified atom stereocenters. The number of carbonyl (C=O) groups is 5. The van der Waals surface area contributed by atoms with Gasteiger partial charge in [0.25, 0.3) is 0 Å². The van der Waals surface area contributed by atoms with Gasteiger partial charge in [-0.1, -0.05) is 95.3 Å². The first-order valence-electron chi connectivity index (χ1n) is 17.8. The van der Waals surface area contributed by atoms with E-state index in [1.165, 1.54) is 11.6 Å². The zero-order valence-electron chi connectivity index (χ0n) is 30.5. The number of nitrogens with zero attached hydrogens (tertiary/aromatic N) is 1. The quantitative estimate of drug-likeness (QED) is 0.255. The first kappa shape index (κ1) is 37.5. The van der Waals surface area contributed by atoms with Gasteiger partial charge in [0.15, 0.2) is 0 Å². The number of amides is 5. The molecule has 0 aromatic heterocycles. The molecule has 1 heterocycles. The number of nitrogens with two attached hydrogens (primary N) is 2. The summed E-state index contributed by atoms with van der Waals surface area (Å²) in [5.74, 6) is -2.14. The lowest BCUT2D eigenvalue weighted by Crippen LogP contribution is -2.62. The number of fused-ring (bicyclic) bond motifs is 2. The van der Waals surface area contributed by atoms with Crippen LogP contribution in [0.3, 0.4) is 0 Å². The molecule has 5 atom stereocenters. The Labute approximate surface area is 300 Å². The van der Waals surface area contributed by atoms with E-state index in [0.717, 1.165) is 36.0 Å². The van der Waals surface area contributed by atoms with E-state index in [4.69, 9.17) is 11.5 Å². The summed E-state index contributed by atoms with van der Waals surface area (Å²) in [6.07, 6.45) is 7.80. The second kappa shape index (κ2) is 14.8.